The molecule has 6 heteroatoms. The van der Waals surface area contributed by atoms with Crippen LogP contribution in [-0.2, 0) is 11.3 Å². The minimum absolute atomic E-state index is 0.0878. The third kappa shape index (κ3) is 3.69. The van der Waals surface area contributed by atoms with Gasteiger partial charge in [-0.25, -0.2) is 0 Å². The van der Waals surface area contributed by atoms with Crippen molar-refractivity contribution >= 4 is 11.8 Å². The molecule has 1 aliphatic carbocycles. The third-order valence-electron chi connectivity index (χ3n) is 4.46. The van der Waals surface area contributed by atoms with Gasteiger partial charge in [-0.1, -0.05) is 12.8 Å². The van der Waals surface area contributed by atoms with Gasteiger partial charge in [0, 0.05) is 6.04 Å². The summed E-state index contributed by atoms with van der Waals surface area (Å²) in [7, 11) is 0. The second-order valence-electron chi connectivity index (χ2n) is 6.19. The quantitative estimate of drug-likeness (QED) is 0.883. The molecule has 0 aromatic carbocycles. The van der Waals surface area contributed by atoms with Gasteiger partial charge in [0.1, 0.15) is 18.1 Å². The normalized spacial score (nSPS) is 16.0. The Balaban J connectivity index is 1.68. The van der Waals surface area contributed by atoms with Crippen molar-refractivity contribution in [2.24, 2.45) is 0 Å². The van der Waals surface area contributed by atoms with E-state index in [4.69, 9.17) is 8.83 Å². The zero-order valence-corrected chi connectivity index (χ0v) is 13.7. The van der Waals surface area contributed by atoms with Crippen LogP contribution in [-0.4, -0.2) is 28.8 Å². The van der Waals surface area contributed by atoms with Gasteiger partial charge in [0.05, 0.1) is 24.6 Å². The molecule has 0 spiro atoms. The van der Waals surface area contributed by atoms with Crippen molar-refractivity contribution in [1.82, 2.24) is 10.2 Å². The summed E-state index contributed by atoms with van der Waals surface area (Å²) in [5.74, 6) is 0.354. The van der Waals surface area contributed by atoms with Crippen LogP contribution in [0.3, 0.4) is 0 Å². The molecule has 0 bridgehead atoms. The number of carbonyl (C=O) groups is 2. The van der Waals surface area contributed by atoms with Crippen LogP contribution in [0.15, 0.2) is 45.8 Å². The van der Waals surface area contributed by atoms with Crippen LogP contribution in [0.1, 0.15) is 48.7 Å². The van der Waals surface area contributed by atoms with Gasteiger partial charge < -0.3 is 19.1 Å². The number of carbonyl (C=O) groups excluding carboxylic acids is 2. The lowest BCUT2D eigenvalue weighted by molar-refractivity contribution is -0.136. The Morgan fingerprint density at radius 3 is 2.71 bits per heavy atom. The number of rotatable bonds is 6. The monoisotopic (exact) mass is 330 g/mol. The first-order chi connectivity index (χ1) is 11.6. The van der Waals surface area contributed by atoms with Gasteiger partial charge in [-0.15, -0.1) is 0 Å². The van der Waals surface area contributed by atoms with E-state index in [1.54, 1.807) is 19.3 Å². The van der Waals surface area contributed by atoms with Gasteiger partial charge in [0.2, 0.25) is 5.91 Å². The molecule has 24 heavy (non-hydrogen) atoms. The van der Waals surface area contributed by atoms with Crippen LogP contribution in [0, 0.1) is 0 Å². The highest BCUT2D eigenvalue weighted by Gasteiger charge is 2.31. The van der Waals surface area contributed by atoms with Crippen molar-refractivity contribution in [3.8, 4) is 0 Å². The Hall–Kier alpha value is -2.50. The number of furan rings is 2. The van der Waals surface area contributed by atoms with Gasteiger partial charge in [-0.3, -0.25) is 9.59 Å². The molecular weight excluding hydrogens is 308 g/mol. The molecule has 128 valence electrons. The Kier molecular flexibility index (Phi) is 5.03. The smallest absolute Gasteiger partial charge is 0.255 e. The number of nitrogens with one attached hydrogen (secondary N) is 1. The van der Waals surface area contributed by atoms with Gasteiger partial charge in [0.15, 0.2) is 0 Å². The van der Waals surface area contributed by atoms with Crippen LogP contribution < -0.4 is 5.32 Å². The summed E-state index contributed by atoms with van der Waals surface area (Å²) >= 11 is 0. The van der Waals surface area contributed by atoms with E-state index in [2.05, 4.69) is 5.32 Å². The van der Waals surface area contributed by atoms with E-state index in [9.17, 15) is 9.59 Å². The number of hydrogen-bond acceptors (Lipinski definition) is 4. The topological polar surface area (TPSA) is 75.7 Å². The molecule has 2 heterocycles. The second kappa shape index (κ2) is 7.38. The molecule has 1 aliphatic rings. The predicted molar refractivity (Wildman–Crippen MR) is 87.2 cm³/mol. The largest absolute Gasteiger partial charge is 0.472 e. The minimum Gasteiger partial charge on any atom is -0.472 e. The molecule has 2 aromatic heterocycles. The van der Waals surface area contributed by atoms with E-state index in [0.29, 0.717) is 12.1 Å². The predicted octanol–water partition coefficient (Wildman–Crippen LogP) is 2.96. The van der Waals surface area contributed by atoms with Crippen molar-refractivity contribution in [2.75, 3.05) is 0 Å². The molecule has 2 amide bonds. The number of amides is 2. The molecule has 1 N–H and O–H groups in total. The highest BCUT2D eigenvalue weighted by Crippen LogP contribution is 2.25. The van der Waals surface area contributed by atoms with Crippen molar-refractivity contribution in [3.05, 3.63) is 48.3 Å². The first kappa shape index (κ1) is 16.4. The molecule has 3 rings (SSSR count). The van der Waals surface area contributed by atoms with Gasteiger partial charge in [-0.05, 0) is 38.0 Å². The second-order valence-corrected chi connectivity index (χ2v) is 6.19. The fourth-order valence-electron chi connectivity index (χ4n) is 3.16. The molecular formula is C18H22N2O4. The van der Waals surface area contributed by atoms with Crippen molar-refractivity contribution < 1.29 is 18.4 Å². The highest BCUT2D eigenvalue weighted by molar-refractivity contribution is 5.97. The van der Waals surface area contributed by atoms with E-state index in [0.717, 1.165) is 31.4 Å². The zero-order chi connectivity index (χ0) is 16.9. The minimum atomic E-state index is -0.608. The van der Waals surface area contributed by atoms with Crippen LogP contribution in [0.5, 0.6) is 0 Å². The van der Waals surface area contributed by atoms with E-state index in [-0.39, 0.29) is 17.9 Å². The Labute approximate surface area is 140 Å². The fourth-order valence-corrected chi connectivity index (χ4v) is 3.16. The summed E-state index contributed by atoms with van der Waals surface area (Å²) in [4.78, 5) is 26.9. The third-order valence-corrected chi connectivity index (χ3v) is 4.46. The molecule has 1 fully saturated rings. The Bertz CT molecular complexity index is 657. The van der Waals surface area contributed by atoms with Gasteiger partial charge >= 0.3 is 0 Å². The van der Waals surface area contributed by atoms with E-state index in [1.165, 1.54) is 12.5 Å². The molecule has 0 aliphatic heterocycles. The fraction of sp³-hybridized carbons (Fsp3) is 0.444. The summed E-state index contributed by atoms with van der Waals surface area (Å²) in [5, 5.41) is 2.74. The number of hydrogen-bond donors (Lipinski definition) is 1. The standard InChI is InChI=1S/C18H22N2O4/c1-13(19-17(21)14-8-10-23-12-14)18(22)20(15-5-2-3-6-15)11-16-7-4-9-24-16/h4,7-10,12-13,15H,2-3,5-6,11H2,1H3,(H,19,21)/t13-/m1/s1. The van der Waals surface area contributed by atoms with Crippen LogP contribution in [0.25, 0.3) is 0 Å². The van der Waals surface area contributed by atoms with Crippen molar-refractivity contribution in [3.63, 3.8) is 0 Å². The summed E-state index contributed by atoms with van der Waals surface area (Å²) in [6.45, 7) is 2.15. The molecule has 1 saturated carbocycles. The lowest BCUT2D eigenvalue weighted by Gasteiger charge is -2.31. The molecule has 0 saturated heterocycles. The SMILES string of the molecule is C[C@@H](NC(=O)c1ccoc1)C(=O)N(Cc1ccco1)C1CCCC1. The lowest BCUT2D eigenvalue weighted by Crippen LogP contribution is -2.49. The summed E-state index contributed by atoms with van der Waals surface area (Å²) in [6, 6.07) is 4.85. The Morgan fingerprint density at radius 1 is 1.29 bits per heavy atom. The first-order valence-electron chi connectivity index (χ1n) is 8.31. The average Bonchev–Trinajstić information content (AvgIpc) is 3.35. The van der Waals surface area contributed by atoms with Gasteiger partial charge in [-0.2, -0.15) is 0 Å². The van der Waals surface area contributed by atoms with E-state index in [1.807, 2.05) is 17.0 Å². The molecule has 0 unspecified atom stereocenters. The lowest BCUT2D eigenvalue weighted by atomic mass is 10.1. The summed E-state index contributed by atoms with van der Waals surface area (Å²) in [6.07, 6.45) is 8.65. The van der Waals surface area contributed by atoms with Crippen LogP contribution >= 0.6 is 0 Å². The summed E-state index contributed by atoms with van der Waals surface area (Å²) in [5.41, 5.74) is 0.410. The van der Waals surface area contributed by atoms with Crippen LogP contribution in [0.4, 0.5) is 0 Å². The maximum atomic E-state index is 12.9. The van der Waals surface area contributed by atoms with Crippen LogP contribution in [0.2, 0.25) is 0 Å². The maximum Gasteiger partial charge on any atom is 0.255 e. The summed E-state index contributed by atoms with van der Waals surface area (Å²) < 4.78 is 10.3. The maximum absolute atomic E-state index is 12.9. The Morgan fingerprint density at radius 2 is 2.08 bits per heavy atom. The molecule has 2 aromatic rings. The molecule has 1 atom stereocenters. The molecule has 6 nitrogen and oxygen atoms in total. The zero-order valence-electron chi connectivity index (χ0n) is 13.7. The average molecular weight is 330 g/mol. The van der Waals surface area contributed by atoms with Crippen molar-refractivity contribution in [2.45, 2.75) is 51.2 Å². The molecule has 0 radical (unpaired) electrons. The van der Waals surface area contributed by atoms with E-state index >= 15 is 0 Å². The van der Waals surface area contributed by atoms with Gasteiger partial charge in [0.25, 0.3) is 5.91 Å². The first-order valence-corrected chi connectivity index (χ1v) is 8.31. The van der Waals surface area contributed by atoms with Crippen molar-refractivity contribution in [1.29, 1.82) is 0 Å². The van der Waals surface area contributed by atoms with E-state index < -0.39 is 6.04 Å². The highest BCUT2D eigenvalue weighted by atomic mass is 16.3. The number of nitrogens with zero attached hydrogens (tertiary/aromatic N) is 1.